The van der Waals surface area contributed by atoms with E-state index in [-0.39, 0.29) is 6.10 Å². The van der Waals surface area contributed by atoms with Crippen molar-refractivity contribution in [2.24, 2.45) is 0 Å². The van der Waals surface area contributed by atoms with E-state index >= 15 is 0 Å². The van der Waals surface area contributed by atoms with Crippen molar-refractivity contribution in [2.45, 2.75) is 52.2 Å². The number of aliphatic hydroxyl groups excluding tert-OH is 1. The van der Waals surface area contributed by atoms with Crippen LogP contribution in [-0.2, 0) is 6.54 Å². The van der Waals surface area contributed by atoms with Crippen LogP contribution in [0.2, 0.25) is 0 Å². The molecule has 0 aliphatic carbocycles. The summed E-state index contributed by atoms with van der Waals surface area (Å²) < 4.78 is 2.41. The summed E-state index contributed by atoms with van der Waals surface area (Å²) in [6.07, 6.45) is 4.84. The van der Waals surface area contributed by atoms with Gasteiger partial charge in [-0.15, -0.1) is 0 Å². The van der Waals surface area contributed by atoms with Crippen LogP contribution >= 0.6 is 0 Å². The lowest BCUT2D eigenvalue weighted by atomic mass is 9.97. The standard InChI is InChI=1S/C31H36N2O/c1-23-19-24(2)30-28(20-23)29(25-13-7-5-8-14-25)31(26-15-9-6-10-16-26)33(30)22-27(34)21-32-17-11-3-4-12-18-32/h5-10,13-16,19-20,27,34H,3-4,11-12,17-18,21-22H2,1-2H3/p+1. The van der Waals surface area contributed by atoms with Gasteiger partial charge in [0.15, 0.2) is 0 Å². The van der Waals surface area contributed by atoms with Crippen LogP contribution in [0, 0.1) is 13.8 Å². The van der Waals surface area contributed by atoms with E-state index in [1.54, 1.807) is 4.90 Å². The molecule has 1 aliphatic rings. The molecule has 1 aromatic heterocycles. The van der Waals surface area contributed by atoms with E-state index in [1.165, 1.54) is 83.2 Å². The fraction of sp³-hybridized carbons (Fsp3) is 0.355. The summed E-state index contributed by atoms with van der Waals surface area (Å²) in [4.78, 5) is 1.55. The number of likely N-dealkylation sites (tertiary alicyclic amines) is 1. The number of hydrogen-bond donors (Lipinski definition) is 2. The van der Waals surface area contributed by atoms with E-state index in [9.17, 15) is 5.11 Å². The third kappa shape index (κ3) is 4.68. The van der Waals surface area contributed by atoms with E-state index in [2.05, 4.69) is 91.2 Å². The molecule has 0 amide bonds. The monoisotopic (exact) mass is 453 g/mol. The molecular formula is C31H37N2O+. The van der Waals surface area contributed by atoms with Gasteiger partial charge >= 0.3 is 0 Å². The normalized spacial score (nSPS) is 16.0. The van der Waals surface area contributed by atoms with Crippen LogP contribution in [0.5, 0.6) is 0 Å². The highest BCUT2D eigenvalue weighted by Gasteiger charge is 2.25. The lowest BCUT2D eigenvalue weighted by Crippen LogP contribution is -3.13. The first-order chi connectivity index (χ1) is 16.6. The Morgan fingerprint density at radius 1 is 0.824 bits per heavy atom. The quantitative estimate of drug-likeness (QED) is 0.402. The fourth-order valence-corrected chi connectivity index (χ4v) is 5.90. The first kappa shape index (κ1) is 22.9. The average Bonchev–Trinajstić information content (AvgIpc) is 2.96. The topological polar surface area (TPSA) is 29.6 Å². The van der Waals surface area contributed by atoms with Gasteiger partial charge in [-0.1, -0.05) is 72.3 Å². The predicted molar refractivity (Wildman–Crippen MR) is 142 cm³/mol. The number of fused-ring (bicyclic) bond motifs is 1. The van der Waals surface area contributed by atoms with Crippen LogP contribution < -0.4 is 4.90 Å². The second-order valence-electron chi connectivity index (χ2n) is 10.1. The number of aliphatic hydroxyl groups is 1. The number of aromatic nitrogens is 1. The molecule has 176 valence electrons. The Morgan fingerprint density at radius 2 is 1.44 bits per heavy atom. The molecule has 2 heterocycles. The molecule has 3 heteroatoms. The summed E-state index contributed by atoms with van der Waals surface area (Å²) in [6.45, 7) is 8.19. The molecule has 0 radical (unpaired) electrons. The molecule has 1 atom stereocenters. The first-order valence-corrected chi connectivity index (χ1v) is 12.9. The van der Waals surface area contributed by atoms with E-state index in [0.29, 0.717) is 6.54 Å². The summed E-state index contributed by atoms with van der Waals surface area (Å²) in [6, 6.07) is 26.0. The van der Waals surface area contributed by atoms with Gasteiger partial charge in [-0.05, 0) is 62.3 Å². The van der Waals surface area contributed by atoms with Gasteiger partial charge in [-0.3, -0.25) is 0 Å². The zero-order valence-electron chi connectivity index (χ0n) is 20.6. The largest absolute Gasteiger partial charge is 0.385 e. The Kier molecular flexibility index (Phi) is 6.85. The summed E-state index contributed by atoms with van der Waals surface area (Å²) >= 11 is 0. The molecule has 0 spiro atoms. The van der Waals surface area contributed by atoms with Gasteiger partial charge in [0, 0.05) is 10.9 Å². The second kappa shape index (κ2) is 10.2. The van der Waals surface area contributed by atoms with Gasteiger partial charge in [0.25, 0.3) is 0 Å². The first-order valence-electron chi connectivity index (χ1n) is 12.9. The van der Waals surface area contributed by atoms with E-state index in [4.69, 9.17) is 0 Å². The Bertz CT molecular complexity index is 1240. The highest BCUT2D eigenvalue weighted by molar-refractivity contribution is 6.06. The fourth-order valence-electron chi connectivity index (χ4n) is 5.90. The number of nitrogens with one attached hydrogen (secondary N) is 1. The van der Waals surface area contributed by atoms with Crippen molar-refractivity contribution >= 4 is 10.9 Å². The van der Waals surface area contributed by atoms with Crippen molar-refractivity contribution in [1.82, 2.24) is 4.57 Å². The van der Waals surface area contributed by atoms with Crippen molar-refractivity contribution in [3.8, 4) is 22.4 Å². The zero-order valence-corrected chi connectivity index (χ0v) is 20.6. The van der Waals surface area contributed by atoms with Gasteiger partial charge in [-0.2, -0.15) is 0 Å². The average molecular weight is 454 g/mol. The molecule has 1 aliphatic heterocycles. The highest BCUT2D eigenvalue weighted by Crippen LogP contribution is 2.42. The van der Waals surface area contributed by atoms with E-state index < -0.39 is 0 Å². The minimum atomic E-state index is -0.379. The maximum Gasteiger partial charge on any atom is 0.121 e. The molecule has 0 saturated carbocycles. The van der Waals surface area contributed by atoms with Gasteiger partial charge in [0.2, 0.25) is 0 Å². The van der Waals surface area contributed by atoms with Crippen LogP contribution in [0.25, 0.3) is 33.3 Å². The molecule has 2 N–H and O–H groups in total. The number of hydrogen-bond acceptors (Lipinski definition) is 1. The molecular weight excluding hydrogens is 416 g/mol. The van der Waals surface area contributed by atoms with Crippen LogP contribution in [0.15, 0.2) is 72.8 Å². The van der Waals surface area contributed by atoms with Crippen LogP contribution in [-0.4, -0.2) is 35.4 Å². The van der Waals surface area contributed by atoms with Gasteiger partial charge in [0.1, 0.15) is 12.6 Å². The molecule has 1 saturated heterocycles. The molecule has 1 fully saturated rings. The minimum absolute atomic E-state index is 0.379. The van der Waals surface area contributed by atoms with Crippen molar-refractivity contribution in [2.75, 3.05) is 19.6 Å². The molecule has 5 rings (SSSR count). The van der Waals surface area contributed by atoms with Gasteiger partial charge < -0.3 is 14.6 Å². The van der Waals surface area contributed by atoms with Crippen molar-refractivity contribution < 1.29 is 10.0 Å². The Hall–Kier alpha value is -2.88. The summed E-state index contributed by atoms with van der Waals surface area (Å²) in [5, 5.41) is 12.6. The SMILES string of the molecule is Cc1cc(C)c2c(c1)c(-c1ccccc1)c(-c1ccccc1)n2CC(O)C[NH+]1CCCCCC1. The van der Waals surface area contributed by atoms with E-state index in [1.807, 2.05) is 0 Å². The number of quaternary nitrogens is 1. The van der Waals surface area contributed by atoms with Crippen LogP contribution in [0.4, 0.5) is 0 Å². The molecule has 34 heavy (non-hydrogen) atoms. The molecule has 3 nitrogen and oxygen atoms in total. The third-order valence-electron chi connectivity index (χ3n) is 7.33. The third-order valence-corrected chi connectivity index (χ3v) is 7.33. The Morgan fingerprint density at radius 3 is 2.09 bits per heavy atom. The maximum absolute atomic E-state index is 11.4. The Labute approximate surface area is 203 Å². The number of benzene rings is 3. The van der Waals surface area contributed by atoms with Crippen molar-refractivity contribution in [3.63, 3.8) is 0 Å². The van der Waals surface area contributed by atoms with Gasteiger partial charge in [-0.25, -0.2) is 0 Å². The van der Waals surface area contributed by atoms with Crippen LogP contribution in [0.1, 0.15) is 36.8 Å². The van der Waals surface area contributed by atoms with Gasteiger partial charge in [0.05, 0.1) is 30.8 Å². The number of nitrogens with zero attached hydrogens (tertiary/aromatic N) is 1. The second-order valence-corrected chi connectivity index (χ2v) is 10.1. The minimum Gasteiger partial charge on any atom is -0.385 e. The van der Waals surface area contributed by atoms with Crippen molar-refractivity contribution in [3.05, 3.63) is 83.9 Å². The maximum atomic E-state index is 11.4. The summed E-state index contributed by atoms with van der Waals surface area (Å²) in [5.41, 5.74) is 8.68. The Balaban J connectivity index is 1.67. The summed E-state index contributed by atoms with van der Waals surface area (Å²) in [5.74, 6) is 0. The number of aryl methyl sites for hydroxylation is 2. The van der Waals surface area contributed by atoms with E-state index in [0.717, 1.165) is 6.54 Å². The number of rotatable bonds is 6. The molecule has 1 unspecified atom stereocenters. The molecule has 3 aromatic carbocycles. The molecule has 0 bridgehead atoms. The van der Waals surface area contributed by atoms with Crippen molar-refractivity contribution in [1.29, 1.82) is 0 Å². The highest BCUT2D eigenvalue weighted by atomic mass is 16.3. The lowest BCUT2D eigenvalue weighted by Gasteiger charge is -2.22. The molecule has 4 aromatic rings. The summed E-state index contributed by atoms with van der Waals surface area (Å²) in [7, 11) is 0. The lowest BCUT2D eigenvalue weighted by molar-refractivity contribution is -0.902. The smallest absolute Gasteiger partial charge is 0.121 e. The zero-order chi connectivity index (χ0) is 23.5. The van der Waals surface area contributed by atoms with Crippen LogP contribution in [0.3, 0.4) is 0 Å². The predicted octanol–water partition coefficient (Wildman–Crippen LogP) is 5.41.